The zero-order chi connectivity index (χ0) is 14.8. The van der Waals surface area contributed by atoms with Crippen molar-refractivity contribution >= 4 is 28.1 Å². The van der Waals surface area contributed by atoms with Gasteiger partial charge in [-0.15, -0.1) is 10.2 Å². The van der Waals surface area contributed by atoms with E-state index < -0.39 is 0 Å². The van der Waals surface area contributed by atoms with Gasteiger partial charge in [0.05, 0.1) is 17.9 Å². The maximum Gasteiger partial charge on any atom is 0.161 e. The Morgan fingerprint density at radius 2 is 2.14 bits per heavy atom. The minimum absolute atomic E-state index is 0. The van der Waals surface area contributed by atoms with Gasteiger partial charge in [-0.3, -0.25) is 4.99 Å². The number of nitrogens with zero attached hydrogens (tertiary/aromatic N) is 6. The van der Waals surface area contributed by atoms with E-state index in [9.17, 15) is 0 Å². The summed E-state index contributed by atoms with van der Waals surface area (Å²) in [6, 6.07) is 0. The number of aromatic nitrogens is 3. The molecule has 0 saturated carbocycles. The summed E-state index contributed by atoms with van der Waals surface area (Å²) in [5, 5.41) is 14.1. The number of fused-ring (bicyclic) bond motifs is 1. The molecule has 2 aromatic rings. The summed E-state index contributed by atoms with van der Waals surface area (Å²) >= 11 is 1.36. The van der Waals surface area contributed by atoms with Gasteiger partial charge in [-0.1, -0.05) is 13.3 Å². The van der Waals surface area contributed by atoms with Crippen molar-refractivity contribution in [2.75, 3.05) is 0 Å². The molecule has 0 bridgehead atoms. The molecule has 0 unspecified atom stereocenters. The molecule has 6 nitrogen and oxygen atoms in total. The van der Waals surface area contributed by atoms with Crippen LogP contribution in [-0.2, 0) is 39.3 Å². The second-order valence-electron chi connectivity index (χ2n) is 5.14. The van der Waals surface area contributed by atoms with Gasteiger partial charge in [-0.05, 0) is 31.8 Å². The van der Waals surface area contributed by atoms with Crippen LogP contribution in [0.3, 0.4) is 0 Å². The number of aryl methyl sites for hydroxylation is 2. The Morgan fingerprint density at radius 3 is 2.82 bits per heavy atom. The number of rotatable bonds is 5. The Labute approximate surface area is 159 Å². The minimum Gasteiger partial charge on any atom is -0.264 e. The van der Waals surface area contributed by atoms with E-state index in [1.54, 1.807) is 6.20 Å². The Morgan fingerprint density at radius 1 is 1.32 bits per heavy atom. The molecule has 0 atom stereocenters. The zero-order valence-electron chi connectivity index (χ0n) is 13.1. The Hall–Kier alpha value is -0.786. The monoisotopic (exact) mass is 391 g/mol. The second kappa shape index (κ2) is 7.66. The van der Waals surface area contributed by atoms with Crippen LogP contribution in [0.1, 0.15) is 43.1 Å². The van der Waals surface area contributed by atoms with Crippen LogP contribution in [0.25, 0.3) is 0 Å². The van der Waals surface area contributed by atoms with E-state index in [2.05, 4.69) is 31.6 Å². The molecule has 3 heterocycles. The van der Waals surface area contributed by atoms with Crippen molar-refractivity contribution in [2.45, 2.75) is 46.6 Å². The van der Waals surface area contributed by atoms with Gasteiger partial charge in [0.1, 0.15) is 11.5 Å². The average Bonchev–Trinajstić information content (AvgIpc) is 3.12. The molecule has 0 fully saturated rings. The fourth-order valence-electron chi connectivity index (χ4n) is 2.28. The van der Waals surface area contributed by atoms with Crippen molar-refractivity contribution in [3.8, 4) is 0 Å². The molecule has 113 valence electrons. The van der Waals surface area contributed by atoms with Crippen LogP contribution in [0.15, 0.2) is 21.4 Å². The first-order valence-electron chi connectivity index (χ1n) is 7.16. The molecule has 3 rings (SSSR count). The molecule has 1 aliphatic heterocycles. The van der Waals surface area contributed by atoms with E-state index in [0.29, 0.717) is 6.54 Å². The van der Waals surface area contributed by atoms with Gasteiger partial charge in [0.15, 0.2) is 5.00 Å². The van der Waals surface area contributed by atoms with Crippen molar-refractivity contribution < 1.29 is 32.7 Å². The van der Waals surface area contributed by atoms with Gasteiger partial charge in [-0.25, -0.2) is 4.68 Å². The molecule has 1 aliphatic rings. The van der Waals surface area contributed by atoms with Crippen molar-refractivity contribution in [1.29, 1.82) is 0 Å². The van der Waals surface area contributed by atoms with Crippen LogP contribution in [0, 0.1) is 13.8 Å². The largest absolute Gasteiger partial charge is 0.264 e. The normalized spacial score (nSPS) is 13.3. The summed E-state index contributed by atoms with van der Waals surface area (Å²) in [7, 11) is 0. The predicted molar refractivity (Wildman–Crippen MR) is 84.1 cm³/mol. The molecule has 0 spiro atoms. The summed E-state index contributed by atoms with van der Waals surface area (Å²) < 4.78 is 6.05. The maximum absolute atomic E-state index is 4.57. The van der Waals surface area contributed by atoms with E-state index in [0.717, 1.165) is 52.7 Å². The quantitative estimate of drug-likeness (QED) is 0.713. The minimum atomic E-state index is 0. The first-order chi connectivity index (χ1) is 10.2. The van der Waals surface area contributed by atoms with Crippen molar-refractivity contribution in [3.05, 3.63) is 23.1 Å². The Kier molecular flexibility index (Phi) is 6.12. The van der Waals surface area contributed by atoms with Crippen LogP contribution < -0.4 is 0 Å². The van der Waals surface area contributed by atoms with Crippen LogP contribution >= 0.6 is 11.5 Å². The van der Waals surface area contributed by atoms with E-state index >= 15 is 0 Å². The SMILES string of the molecule is CCCCC1=NCc2c(N=Nc3sncc3C)c(C)nn21.[Y]. The van der Waals surface area contributed by atoms with Gasteiger partial charge in [0.25, 0.3) is 0 Å². The molecule has 1 radical (unpaired) electrons. The molecule has 2 aromatic heterocycles. The van der Waals surface area contributed by atoms with Gasteiger partial charge in [0.2, 0.25) is 0 Å². The molecular formula is C14H18N6SY. The molecule has 0 saturated heterocycles. The molecule has 0 amide bonds. The fourth-order valence-corrected chi connectivity index (χ4v) is 2.87. The van der Waals surface area contributed by atoms with E-state index in [4.69, 9.17) is 0 Å². The van der Waals surface area contributed by atoms with Gasteiger partial charge < -0.3 is 0 Å². The van der Waals surface area contributed by atoms with Gasteiger partial charge in [0, 0.05) is 50.9 Å². The van der Waals surface area contributed by atoms with Crippen molar-refractivity contribution in [3.63, 3.8) is 0 Å². The summed E-state index contributed by atoms with van der Waals surface area (Å²) in [4.78, 5) is 4.57. The number of hydrogen-bond donors (Lipinski definition) is 0. The molecule has 0 N–H and O–H groups in total. The zero-order valence-corrected chi connectivity index (χ0v) is 16.7. The Balaban J connectivity index is 0.00000176. The van der Waals surface area contributed by atoms with Crippen molar-refractivity contribution in [2.24, 2.45) is 15.2 Å². The van der Waals surface area contributed by atoms with Crippen LogP contribution in [0.4, 0.5) is 10.7 Å². The van der Waals surface area contributed by atoms with Crippen LogP contribution in [-0.4, -0.2) is 20.0 Å². The van der Waals surface area contributed by atoms with Gasteiger partial charge >= 0.3 is 0 Å². The summed E-state index contributed by atoms with van der Waals surface area (Å²) in [5.74, 6) is 1.05. The third kappa shape index (κ3) is 3.41. The molecule has 0 aliphatic carbocycles. The predicted octanol–water partition coefficient (Wildman–Crippen LogP) is 4.32. The van der Waals surface area contributed by atoms with E-state index in [1.807, 2.05) is 18.5 Å². The van der Waals surface area contributed by atoms with Gasteiger partial charge in [-0.2, -0.15) is 9.47 Å². The third-order valence-corrected chi connectivity index (χ3v) is 4.28. The first-order valence-corrected chi connectivity index (χ1v) is 7.93. The summed E-state index contributed by atoms with van der Waals surface area (Å²) in [5.41, 5.74) is 3.84. The summed E-state index contributed by atoms with van der Waals surface area (Å²) in [6.07, 6.45) is 5.06. The third-order valence-electron chi connectivity index (χ3n) is 3.50. The van der Waals surface area contributed by atoms with E-state index in [1.165, 1.54) is 11.5 Å². The van der Waals surface area contributed by atoms with E-state index in [-0.39, 0.29) is 32.7 Å². The molecule has 8 heteroatoms. The van der Waals surface area contributed by atoms with Crippen LogP contribution in [0.5, 0.6) is 0 Å². The fraction of sp³-hybridized carbons (Fsp3) is 0.500. The smallest absolute Gasteiger partial charge is 0.161 e. The second-order valence-corrected chi connectivity index (χ2v) is 5.92. The standard InChI is InChI=1S/C14H18N6S.Y/c1-4-5-6-12-15-8-11-13(10(3)19-20(11)12)17-18-14-9(2)7-16-21-14;/h7H,4-6,8H2,1-3H3;. The number of aliphatic imine (C=N–C) groups is 1. The summed E-state index contributed by atoms with van der Waals surface area (Å²) in [6.45, 7) is 6.79. The Bertz CT molecular complexity index is 715. The number of azo groups is 1. The maximum atomic E-state index is 4.57. The first kappa shape index (κ1) is 17.6. The molecular weight excluding hydrogens is 373 g/mol. The topological polar surface area (TPSA) is 67.8 Å². The van der Waals surface area contributed by atoms with Crippen molar-refractivity contribution in [1.82, 2.24) is 14.2 Å². The number of hydrogen-bond acceptors (Lipinski definition) is 6. The number of unbranched alkanes of at least 4 members (excludes halogenated alkanes) is 1. The average molecular weight is 391 g/mol. The molecule has 22 heavy (non-hydrogen) atoms. The molecule has 0 aromatic carbocycles. The van der Waals surface area contributed by atoms with Crippen LogP contribution in [0.2, 0.25) is 0 Å².